The van der Waals surface area contributed by atoms with Gasteiger partial charge in [-0.3, -0.25) is 4.79 Å². The zero-order valence-electron chi connectivity index (χ0n) is 11.8. The molecular formula is C14H24N2O. The summed E-state index contributed by atoms with van der Waals surface area (Å²) in [4.78, 5) is 11.7. The van der Waals surface area contributed by atoms with Crippen LogP contribution >= 0.6 is 0 Å². The summed E-state index contributed by atoms with van der Waals surface area (Å²) in [6.07, 6.45) is 0.567. The molecule has 0 spiro atoms. The third kappa shape index (κ3) is 3.91. The van der Waals surface area contributed by atoms with Crippen molar-refractivity contribution < 1.29 is 4.79 Å². The predicted octanol–water partition coefficient (Wildman–Crippen LogP) is 2.69. The van der Waals surface area contributed by atoms with E-state index >= 15 is 0 Å². The van der Waals surface area contributed by atoms with Gasteiger partial charge in [0.1, 0.15) is 0 Å². The summed E-state index contributed by atoms with van der Waals surface area (Å²) in [5.41, 5.74) is 3.69. The zero-order chi connectivity index (χ0) is 13.2. The van der Waals surface area contributed by atoms with Gasteiger partial charge in [-0.05, 0) is 30.9 Å². The van der Waals surface area contributed by atoms with Crippen LogP contribution in [0.4, 0.5) is 0 Å². The Bertz CT molecular complexity index is 411. The zero-order valence-corrected chi connectivity index (χ0v) is 11.8. The van der Waals surface area contributed by atoms with Crippen molar-refractivity contribution in [2.45, 2.75) is 47.6 Å². The predicted molar refractivity (Wildman–Crippen MR) is 70.8 cm³/mol. The molecule has 0 radical (unpaired) electrons. The van der Waals surface area contributed by atoms with Crippen molar-refractivity contribution >= 4 is 5.91 Å². The van der Waals surface area contributed by atoms with Gasteiger partial charge in [0.05, 0.1) is 0 Å². The lowest BCUT2D eigenvalue weighted by Crippen LogP contribution is -2.27. The Morgan fingerprint density at radius 2 is 1.94 bits per heavy atom. The van der Waals surface area contributed by atoms with Crippen LogP contribution in [0.15, 0.2) is 6.07 Å². The first-order chi connectivity index (χ1) is 7.70. The minimum atomic E-state index is 0.0474. The molecule has 0 saturated heterocycles. The Hall–Kier alpha value is -1.25. The Morgan fingerprint density at radius 1 is 1.35 bits per heavy atom. The van der Waals surface area contributed by atoms with Gasteiger partial charge in [-0.15, -0.1) is 0 Å². The highest BCUT2D eigenvalue weighted by atomic mass is 16.1. The van der Waals surface area contributed by atoms with Crippen LogP contribution < -0.4 is 5.32 Å². The van der Waals surface area contributed by atoms with Crippen LogP contribution in [0.1, 0.15) is 44.1 Å². The third-order valence-electron chi connectivity index (χ3n) is 3.05. The van der Waals surface area contributed by atoms with Gasteiger partial charge < -0.3 is 9.88 Å². The molecule has 1 heterocycles. The summed E-state index contributed by atoms with van der Waals surface area (Å²) in [5.74, 6) is 0.124. The molecule has 0 saturated carbocycles. The quantitative estimate of drug-likeness (QED) is 0.860. The van der Waals surface area contributed by atoms with Crippen molar-refractivity contribution in [1.29, 1.82) is 0 Å². The van der Waals surface area contributed by atoms with Crippen LogP contribution in [-0.2, 0) is 18.4 Å². The second-order valence-corrected chi connectivity index (χ2v) is 5.97. The van der Waals surface area contributed by atoms with Crippen molar-refractivity contribution in [2.75, 3.05) is 0 Å². The van der Waals surface area contributed by atoms with Crippen LogP contribution in [0.2, 0.25) is 0 Å². The van der Waals surface area contributed by atoms with Crippen molar-refractivity contribution in [1.82, 2.24) is 9.88 Å². The number of aryl methyl sites for hydroxylation is 1. The van der Waals surface area contributed by atoms with Gasteiger partial charge in [-0.1, -0.05) is 20.8 Å². The molecule has 96 valence electrons. The Morgan fingerprint density at radius 3 is 2.35 bits per heavy atom. The van der Waals surface area contributed by atoms with Gasteiger partial charge in [0, 0.05) is 31.4 Å². The number of nitrogens with zero attached hydrogens (tertiary/aromatic N) is 1. The SMILES string of the molecule is Cc1cc(CNC(=O)CC(C)(C)C)c(C)n1C. The summed E-state index contributed by atoms with van der Waals surface area (Å²) < 4.78 is 2.14. The Labute approximate surface area is 104 Å². The van der Waals surface area contributed by atoms with E-state index in [0.29, 0.717) is 13.0 Å². The second-order valence-electron chi connectivity index (χ2n) is 5.97. The molecule has 0 atom stereocenters. The van der Waals surface area contributed by atoms with Crippen molar-refractivity contribution in [3.63, 3.8) is 0 Å². The van der Waals surface area contributed by atoms with E-state index < -0.39 is 0 Å². The summed E-state index contributed by atoms with van der Waals surface area (Å²) in [7, 11) is 2.05. The van der Waals surface area contributed by atoms with Gasteiger partial charge >= 0.3 is 0 Å². The Kier molecular flexibility index (Phi) is 4.02. The average molecular weight is 236 g/mol. The van der Waals surface area contributed by atoms with E-state index in [-0.39, 0.29) is 11.3 Å². The normalized spacial score (nSPS) is 11.6. The summed E-state index contributed by atoms with van der Waals surface area (Å²) in [6, 6.07) is 2.13. The summed E-state index contributed by atoms with van der Waals surface area (Å²) >= 11 is 0. The molecule has 1 rings (SSSR count). The lowest BCUT2D eigenvalue weighted by molar-refractivity contribution is -0.122. The van der Waals surface area contributed by atoms with E-state index in [1.54, 1.807) is 0 Å². The molecule has 0 aliphatic carbocycles. The minimum Gasteiger partial charge on any atom is -0.352 e. The maximum Gasteiger partial charge on any atom is 0.220 e. The van der Waals surface area contributed by atoms with Gasteiger partial charge in [-0.2, -0.15) is 0 Å². The second kappa shape index (κ2) is 4.94. The summed E-state index contributed by atoms with van der Waals surface area (Å²) in [6.45, 7) is 11.0. The molecule has 3 nitrogen and oxygen atoms in total. The first-order valence-electron chi connectivity index (χ1n) is 6.09. The first kappa shape index (κ1) is 13.8. The maximum atomic E-state index is 11.7. The van der Waals surface area contributed by atoms with E-state index in [1.165, 1.54) is 17.0 Å². The Balaban J connectivity index is 2.56. The van der Waals surface area contributed by atoms with Crippen LogP contribution in [-0.4, -0.2) is 10.5 Å². The van der Waals surface area contributed by atoms with Gasteiger partial charge in [0.15, 0.2) is 0 Å². The van der Waals surface area contributed by atoms with Crippen LogP contribution in [0.3, 0.4) is 0 Å². The van der Waals surface area contributed by atoms with Crippen molar-refractivity contribution in [2.24, 2.45) is 12.5 Å². The van der Waals surface area contributed by atoms with Crippen molar-refractivity contribution in [3.8, 4) is 0 Å². The van der Waals surface area contributed by atoms with E-state index in [4.69, 9.17) is 0 Å². The molecule has 0 unspecified atom stereocenters. The minimum absolute atomic E-state index is 0.0474. The number of nitrogens with one attached hydrogen (secondary N) is 1. The van der Waals surface area contributed by atoms with Gasteiger partial charge in [0.25, 0.3) is 0 Å². The van der Waals surface area contributed by atoms with Crippen molar-refractivity contribution in [3.05, 3.63) is 23.0 Å². The van der Waals surface area contributed by atoms with E-state index in [1.807, 2.05) is 7.05 Å². The average Bonchev–Trinajstić information content (AvgIpc) is 2.40. The number of rotatable bonds is 3. The molecule has 1 amide bonds. The molecular weight excluding hydrogens is 212 g/mol. The molecule has 0 aromatic carbocycles. The fourth-order valence-corrected chi connectivity index (χ4v) is 1.85. The number of aromatic nitrogens is 1. The van der Waals surface area contributed by atoms with E-state index in [0.717, 1.165) is 0 Å². The molecule has 3 heteroatoms. The van der Waals surface area contributed by atoms with Gasteiger partial charge in [-0.25, -0.2) is 0 Å². The fraction of sp³-hybridized carbons (Fsp3) is 0.643. The standard InChI is InChI=1S/C14H24N2O/c1-10-7-12(11(2)16(10)6)9-15-13(17)8-14(3,4)5/h7H,8-9H2,1-6H3,(H,15,17). The molecule has 0 aliphatic heterocycles. The van der Waals surface area contributed by atoms with E-state index in [9.17, 15) is 4.79 Å². The highest BCUT2D eigenvalue weighted by Gasteiger charge is 2.16. The third-order valence-corrected chi connectivity index (χ3v) is 3.05. The maximum absolute atomic E-state index is 11.7. The van der Waals surface area contributed by atoms with Crippen LogP contribution in [0, 0.1) is 19.3 Å². The molecule has 1 N–H and O–H groups in total. The molecule has 0 aliphatic rings. The number of carbonyl (C=O) groups excluding carboxylic acids is 1. The van der Waals surface area contributed by atoms with Crippen LogP contribution in [0.5, 0.6) is 0 Å². The highest BCUT2D eigenvalue weighted by molar-refractivity contribution is 5.76. The number of amides is 1. The molecule has 0 bridgehead atoms. The number of carbonyl (C=O) groups is 1. The monoisotopic (exact) mass is 236 g/mol. The fourth-order valence-electron chi connectivity index (χ4n) is 1.85. The molecule has 1 aromatic heterocycles. The number of hydrogen-bond donors (Lipinski definition) is 1. The lowest BCUT2D eigenvalue weighted by atomic mass is 9.92. The highest BCUT2D eigenvalue weighted by Crippen LogP contribution is 2.18. The molecule has 0 fully saturated rings. The smallest absolute Gasteiger partial charge is 0.220 e. The molecule has 17 heavy (non-hydrogen) atoms. The molecule has 1 aromatic rings. The summed E-state index contributed by atoms with van der Waals surface area (Å²) in [5, 5.41) is 2.98. The largest absolute Gasteiger partial charge is 0.352 e. The van der Waals surface area contributed by atoms with Gasteiger partial charge in [0.2, 0.25) is 5.91 Å². The first-order valence-corrected chi connectivity index (χ1v) is 6.09. The number of hydrogen-bond acceptors (Lipinski definition) is 1. The lowest BCUT2D eigenvalue weighted by Gasteiger charge is -2.17. The van der Waals surface area contributed by atoms with E-state index in [2.05, 4.69) is 50.6 Å². The topological polar surface area (TPSA) is 34.0 Å². The van der Waals surface area contributed by atoms with Crippen LogP contribution in [0.25, 0.3) is 0 Å².